The molecule has 0 saturated carbocycles. The zero-order valence-electron chi connectivity index (χ0n) is 13.3. The first-order chi connectivity index (χ1) is 10.8. The largest absolute Gasteiger partial charge is 0.369 e. The van der Waals surface area contributed by atoms with Gasteiger partial charge in [0.2, 0.25) is 0 Å². The van der Waals surface area contributed by atoms with E-state index in [0.29, 0.717) is 22.0 Å². The van der Waals surface area contributed by atoms with Crippen LogP contribution >= 0.6 is 11.3 Å². The topological polar surface area (TPSA) is 85.4 Å². The van der Waals surface area contributed by atoms with Gasteiger partial charge in [0.15, 0.2) is 15.0 Å². The standard InChI is InChI=1S/C15H20N2O4S2/c1-4-5-8-21-10(2)14(18)17-15-16-12-7-6-11(23(3,19)20)9-13(12)22-15/h6-7,9-10H,4-5,8H2,1-3H3,(H,16,17,18). The lowest BCUT2D eigenvalue weighted by atomic mass is 10.3. The van der Waals surface area contributed by atoms with E-state index in [2.05, 4.69) is 17.2 Å². The molecule has 126 valence electrons. The number of fused-ring (bicyclic) bond motifs is 1. The van der Waals surface area contributed by atoms with Crippen LogP contribution in [0, 0.1) is 0 Å². The second-order valence-electron chi connectivity index (χ2n) is 5.28. The van der Waals surface area contributed by atoms with Gasteiger partial charge in [0.1, 0.15) is 6.10 Å². The lowest BCUT2D eigenvalue weighted by Gasteiger charge is -2.11. The number of anilines is 1. The van der Waals surface area contributed by atoms with Crippen LogP contribution in [-0.4, -0.2) is 38.3 Å². The van der Waals surface area contributed by atoms with E-state index in [9.17, 15) is 13.2 Å². The molecule has 0 bridgehead atoms. The lowest BCUT2D eigenvalue weighted by Crippen LogP contribution is -2.27. The molecule has 0 aliphatic rings. The van der Waals surface area contributed by atoms with Crippen molar-refractivity contribution < 1.29 is 17.9 Å². The Morgan fingerprint density at radius 3 is 2.83 bits per heavy atom. The molecular weight excluding hydrogens is 336 g/mol. The van der Waals surface area contributed by atoms with Gasteiger partial charge in [0, 0.05) is 12.9 Å². The van der Waals surface area contributed by atoms with Gasteiger partial charge < -0.3 is 4.74 Å². The van der Waals surface area contributed by atoms with Crippen molar-refractivity contribution >= 4 is 42.4 Å². The Hall–Kier alpha value is -1.51. The normalized spacial score (nSPS) is 13.2. The zero-order valence-corrected chi connectivity index (χ0v) is 15.0. The fourth-order valence-electron chi connectivity index (χ4n) is 1.88. The summed E-state index contributed by atoms with van der Waals surface area (Å²) in [5.41, 5.74) is 0.650. The van der Waals surface area contributed by atoms with E-state index in [0.717, 1.165) is 19.1 Å². The minimum atomic E-state index is -3.26. The number of hydrogen-bond donors (Lipinski definition) is 1. The third kappa shape index (κ3) is 4.73. The van der Waals surface area contributed by atoms with Crippen LogP contribution in [0.1, 0.15) is 26.7 Å². The molecular formula is C15H20N2O4S2. The van der Waals surface area contributed by atoms with Crippen molar-refractivity contribution in [3.8, 4) is 0 Å². The molecule has 0 saturated heterocycles. The fourth-order valence-corrected chi connectivity index (χ4v) is 3.51. The van der Waals surface area contributed by atoms with Gasteiger partial charge in [-0.3, -0.25) is 10.1 Å². The number of carbonyl (C=O) groups excluding carboxylic acids is 1. The number of unbranched alkanes of at least 4 members (excludes halogenated alkanes) is 1. The number of aromatic nitrogens is 1. The minimum Gasteiger partial charge on any atom is -0.369 e. The maximum atomic E-state index is 12.0. The summed E-state index contributed by atoms with van der Waals surface area (Å²) < 4.78 is 29.3. The van der Waals surface area contributed by atoms with Crippen LogP contribution in [0.25, 0.3) is 10.2 Å². The average molecular weight is 356 g/mol. The van der Waals surface area contributed by atoms with E-state index in [1.807, 2.05) is 0 Å². The van der Waals surface area contributed by atoms with Crippen LogP contribution in [0.5, 0.6) is 0 Å². The van der Waals surface area contributed by atoms with Crippen molar-refractivity contribution in [2.24, 2.45) is 0 Å². The maximum absolute atomic E-state index is 12.0. The number of nitrogens with zero attached hydrogens (tertiary/aromatic N) is 1. The molecule has 1 atom stereocenters. The number of ether oxygens (including phenoxy) is 1. The summed E-state index contributed by atoms with van der Waals surface area (Å²) in [7, 11) is -3.26. The summed E-state index contributed by atoms with van der Waals surface area (Å²) in [6.45, 7) is 4.29. The highest BCUT2D eigenvalue weighted by molar-refractivity contribution is 7.90. The molecule has 8 heteroatoms. The van der Waals surface area contributed by atoms with Crippen LogP contribution in [0.4, 0.5) is 5.13 Å². The monoisotopic (exact) mass is 356 g/mol. The molecule has 1 heterocycles. The minimum absolute atomic E-state index is 0.239. The van der Waals surface area contributed by atoms with Crippen LogP contribution in [0.2, 0.25) is 0 Å². The molecule has 2 aromatic rings. The molecule has 0 radical (unpaired) electrons. The number of carbonyl (C=O) groups is 1. The molecule has 1 unspecified atom stereocenters. The van der Waals surface area contributed by atoms with E-state index in [1.165, 1.54) is 17.4 Å². The number of amides is 1. The van der Waals surface area contributed by atoms with Crippen molar-refractivity contribution in [2.75, 3.05) is 18.2 Å². The lowest BCUT2D eigenvalue weighted by molar-refractivity contribution is -0.126. The van der Waals surface area contributed by atoms with Crippen molar-refractivity contribution in [3.05, 3.63) is 18.2 Å². The van der Waals surface area contributed by atoms with Crippen LogP contribution in [0.3, 0.4) is 0 Å². The second kappa shape index (κ2) is 7.37. The Bertz CT molecular complexity index is 799. The van der Waals surface area contributed by atoms with Gasteiger partial charge in [0.25, 0.3) is 5.91 Å². The third-order valence-electron chi connectivity index (χ3n) is 3.25. The van der Waals surface area contributed by atoms with Gasteiger partial charge in [0.05, 0.1) is 15.1 Å². The molecule has 0 aliphatic heterocycles. The number of thiazole rings is 1. The first-order valence-electron chi connectivity index (χ1n) is 7.34. The van der Waals surface area contributed by atoms with Gasteiger partial charge in [-0.05, 0) is 31.5 Å². The zero-order chi connectivity index (χ0) is 17.0. The molecule has 1 aromatic carbocycles. The number of hydrogen-bond acceptors (Lipinski definition) is 6. The Morgan fingerprint density at radius 1 is 1.43 bits per heavy atom. The van der Waals surface area contributed by atoms with Crippen molar-refractivity contribution in [1.82, 2.24) is 4.98 Å². The van der Waals surface area contributed by atoms with Gasteiger partial charge in [-0.25, -0.2) is 13.4 Å². The van der Waals surface area contributed by atoms with Crippen LogP contribution in [-0.2, 0) is 19.4 Å². The van der Waals surface area contributed by atoms with Crippen LogP contribution in [0.15, 0.2) is 23.1 Å². The van der Waals surface area contributed by atoms with Gasteiger partial charge in [-0.15, -0.1) is 0 Å². The van der Waals surface area contributed by atoms with Crippen molar-refractivity contribution in [3.63, 3.8) is 0 Å². The van der Waals surface area contributed by atoms with Crippen molar-refractivity contribution in [2.45, 2.75) is 37.7 Å². The van der Waals surface area contributed by atoms with E-state index in [1.54, 1.807) is 19.1 Å². The third-order valence-corrected chi connectivity index (χ3v) is 5.30. The van der Waals surface area contributed by atoms with E-state index >= 15 is 0 Å². The summed E-state index contributed by atoms with van der Waals surface area (Å²) in [5, 5.41) is 3.14. The predicted octanol–water partition coefficient (Wildman–Crippen LogP) is 2.84. The first kappa shape index (κ1) is 17.8. The Kier molecular flexibility index (Phi) is 5.72. The maximum Gasteiger partial charge on any atom is 0.254 e. The average Bonchev–Trinajstić information content (AvgIpc) is 2.87. The van der Waals surface area contributed by atoms with Crippen molar-refractivity contribution in [1.29, 1.82) is 0 Å². The van der Waals surface area contributed by atoms with E-state index in [-0.39, 0.29) is 10.8 Å². The number of rotatable bonds is 7. The molecule has 0 aliphatic carbocycles. The Morgan fingerprint density at radius 2 is 2.17 bits per heavy atom. The number of sulfone groups is 1. The highest BCUT2D eigenvalue weighted by Gasteiger charge is 2.16. The quantitative estimate of drug-likeness (QED) is 0.771. The first-order valence-corrected chi connectivity index (χ1v) is 10.0. The Balaban J connectivity index is 2.10. The summed E-state index contributed by atoms with van der Waals surface area (Å²) in [6, 6.07) is 4.72. The molecule has 1 amide bonds. The number of benzene rings is 1. The summed E-state index contributed by atoms with van der Waals surface area (Å²) in [4.78, 5) is 16.6. The summed E-state index contributed by atoms with van der Waals surface area (Å²) in [5.74, 6) is -0.261. The van der Waals surface area contributed by atoms with Gasteiger partial charge in [-0.2, -0.15) is 0 Å². The van der Waals surface area contributed by atoms with Crippen LogP contribution < -0.4 is 5.32 Å². The van der Waals surface area contributed by atoms with E-state index in [4.69, 9.17) is 4.74 Å². The number of nitrogens with one attached hydrogen (secondary N) is 1. The molecule has 1 aromatic heterocycles. The molecule has 0 spiro atoms. The molecule has 0 fully saturated rings. The highest BCUT2D eigenvalue weighted by Crippen LogP contribution is 2.28. The second-order valence-corrected chi connectivity index (χ2v) is 8.32. The van der Waals surface area contributed by atoms with Gasteiger partial charge >= 0.3 is 0 Å². The Labute approximate surface area is 139 Å². The predicted molar refractivity (Wildman–Crippen MR) is 91.7 cm³/mol. The molecule has 6 nitrogen and oxygen atoms in total. The highest BCUT2D eigenvalue weighted by atomic mass is 32.2. The fraction of sp³-hybridized carbons (Fsp3) is 0.467. The summed E-state index contributed by atoms with van der Waals surface area (Å²) >= 11 is 1.24. The molecule has 23 heavy (non-hydrogen) atoms. The summed E-state index contributed by atoms with van der Waals surface area (Å²) in [6.07, 6.45) is 2.52. The van der Waals surface area contributed by atoms with E-state index < -0.39 is 15.9 Å². The molecule has 2 rings (SSSR count). The SMILES string of the molecule is CCCCOC(C)C(=O)Nc1nc2ccc(S(C)(=O)=O)cc2s1. The smallest absolute Gasteiger partial charge is 0.254 e. The van der Waals surface area contributed by atoms with Gasteiger partial charge in [-0.1, -0.05) is 24.7 Å². The molecule has 1 N–H and O–H groups in total.